The van der Waals surface area contributed by atoms with Gasteiger partial charge >= 0.3 is 5.97 Å². The van der Waals surface area contributed by atoms with Gasteiger partial charge < -0.3 is 15.9 Å². The lowest BCUT2D eigenvalue weighted by atomic mass is 10.1. The Morgan fingerprint density at radius 2 is 2.19 bits per heavy atom. The van der Waals surface area contributed by atoms with Crippen molar-refractivity contribution in [3.8, 4) is 5.75 Å². The molecule has 4 N–H and O–H groups in total. The van der Waals surface area contributed by atoms with E-state index in [4.69, 9.17) is 22.4 Å². The van der Waals surface area contributed by atoms with E-state index in [1.807, 2.05) is 0 Å². The maximum atomic E-state index is 13.1. The zero-order valence-electron chi connectivity index (χ0n) is 7.94. The summed E-state index contributed by atoms with van der Waals surface area (Å²) in [4.78, 5) is 14.3. The van der Waals surface area contributed by atoms with Crippen molar-refractivity contribution >= 4 is 29.1 Å². The number of aliphatic imine (C=N–C) groups is 1. The number of aromatic hydroxyl groups is 1. The molecule has 0 aliphatic rings. The standard InChI is InChI=1S/C9H8ClFN2O3/c10-3-6(12)13-5-2-1-4(11)7(8(5)14)9(15)16/h1-2,14H,3H2,(H2,12,13)(H,15,16). The molecule has 1 rings (SSSR count). The lowest BCUT2D eigenvalue weighted by Crippen LogP contribution is -2.12. The zero-order valence-corrected chi connectivity index (χ0v) is 8.70. The highest BCUT2D eigenvalue weighted by atomic mass is 35.5. The first-order valence-corrected chi connectivity index (χ1v) is 4.64. The van der Waals surface area contributed by atoms with Crippen LogP contribution in [0.15, 0.2) is 17.1 Å². The summed E-state index contributed by atoms with van der Waals surface area (Å²) in [5.41, 5.74) is 4.32. The van der Waals surface area contributed by atoms with Crippen LogP contribution in [0.25, 0.3) is 0 Å². The number of nitrogens with two attached hydrogens (primary N) is 1. The molecular weight excluding hydrogens is 239 g/mol. The summed E-state index contributed by atoms with van der Waals surface area (Å²) in [6.07, 6.45) is 0. The van der Waals surface area contributed by atoms with E-state index in [0.717, 1.165) is 12.1 Å². The number of phenols is 1. The van der Waals surface area contributed by atoms with Crippen LogP contribution in [0.1, 0.15) is 10.4 Å². The van der Waals surface area contributed by atoms with Crippen molar-refractivity contribution in [1.82, 2.24) is 0 Å². The number of carbonyl (C=O) groups is 1. The van der Waals surface area contributed by atoms with Gasteiger partial charge in [0.1, 0.15) is 22.9 Å². The Labute approximate surface area is 95.0 Å². The maximum Gasteiger partial charge on any atom is 0.342 e. The molecule has 16 heavy (non-hydrogen) atoms. The molecule has 0 atom stereocenters. The number of alkyl halides is 1. The predicted molar refractivity (Wildman–Crippen MR) is 57.0 cm³/mol. The Kier molecular flexibility index (Phi) is 3.68. The fourth-order valence-corrected chi connectivity index (χ4v) is 1.09. The van der Waals surface area contributed by atoms with Crippen LogP contribution in [-0.4, -0.2) is 27.9 Å². The number of rotatable bonds is 3. The number of carboxylic acid groups (broad SMARTS) is 1. The van der Waals surface area contributed by atoms with Gasteiger partial charge in [-0.15, -0.1) is 11.6 Å². The Hall–Kier alpha value is -1.82. The van der Waals surface area contributed by atoms with Gasteiger partial charge in [-0.05, 0) is 12.1 Å². The summed E-state index contributed by atoms with van der Waals surface area (Å²) in [6.45, 7) is 0. The van der Waals surface area contributed by atoms with Crippen molar-refractivity contribution in [2.45, 2.75) is 0 Å². The largest absolute Gasteiger partial charge is 0.505 e. The van der Waals surface area contributed by atoms with Gasteiger partial charge in [-0.3, -0.25) is 0 Å². The third-order valence-corrected chi connectivity index (χ3v) is 1.99. The minimum Gasteiger partial charge on any atom is -0.505 e. The van der Waals surface area contributed by atoms with Crippen LogP contribution in [0.2, 0.25) is 0 Å². The second-order valence-corrected chi connectivity index (χ2v) is 3.10. The number of halogens is 2. The van der Waals surface area contributed by atoms with E-state index >= 15 is 0 Å². The van der Waals surface area contributed by atoms with Gasteiger partial charge in [0.2, 0.25) is 0 Å². The van der Waals surface area contributed by atoms with Crippen molar-refractivity contribution in [3.05, 3.63) is 23.5 Å². The molecule has 0 aliphatic carbocycles. The molecule has 1 aromatic carbocycles. The molecule has 7 heteroatoms. The summed E-state index contributed by atoms with van der Waals surface area (Å²) in [5, 5.41) is 18.1. The van der Waals surface area contributed by atoms with Gasteiger partial charge in [0, 0.05) is 0 Å². The number of amidine groups is 1. The number of hydrogen-bond acceptors (Lipinski definition) is 3. The Balaban J connectivity index is 3.35. The monoisotopic (exact) mass is 246 g/mol. The van der Waals surface area contributed by atoms with Gasteiger partial charge in [0.05, 0.1) is 5.88 Å². The summed E-state index contributed by atoms with van der Waals surface area (Å²) in [5.74, 6) is -3.51. The highest BCUT2D eigenvalue weighted by Crippen LogP contribution is 2.32. The minimum absolute atomic E-state index is 0.0140. The van der Waals surface area contributed by atoms with Crippen LogP contribution in [-0.2, 0) is 0 Å². The van der Waals surface area contributed by atoms with Crippen molar-refractivity contribution in [2.24, 2.45) is 10.7 Å². The topological polar surface area (TPSA) is 95.9 Å². The first kappa shape index (κ1) is 12.3. The molecule has 0 unspecified atom stereocenters. The molecule has 0 saturated carbocycles. The molecule has 0 spiro atoms. The SMILES string of the molecule is NC(CCl)=Nc1ccc(F)c(C(=O)O)c1O. The smallest absolute Gasteiger partial charge is 0.342 e. The third-order valence-electron chi connectivity index (χ3n) is 1.72. The minimum atomic E-state index is -1.59. The second kappa shape index (κ2) is 4.80. The van der Waals surface area contributed by atoms with E-state index in [1.54, 1.807) is 0 Å². The van der Waals surface area contributed by atoms with E-state index < -0.39 is 23.1 Å². The van der Waals surface area contributed by atoms with E-state index in [9.17, 15) is 14.3 Å². The number of hydrogen-bond donors (Lipinski definition) is 3. The second-order valence-electron chi connectivity index (χ2n) is 2.83. The molecule has 0 radical (unpaired) electrons. The molecule has 86 valence electrons. The Bertz CT molecular complexity index is 462. The molecule has 0 fully saturated rings. The van der Waals surface area contributed by atoms with Crippen molar-refractivity contribution in [2.75, 3.05) is 5.88 Å². The number of nitrogens with zero attached hydrogens (tertiary/aromatic N) is 1. The van der Waals surface area contributed by atoms with Gasteiger partial charge in [-0.1, -0.05) is 0 Å². The van der Waals surface area contributed by atoms with E-state index in [0.29, 0.717) is 0 Å². The molecule has 0 aliphatic heterocycles. The van der Waals surface area contributed by atoms with E-state index in [1.165, 1.54) is 0 Å². The van der Waals surface area contributed by atoms with Gasteiger partial charge in [0.15, 0.2) is 5.75 Å². The number of aromatic carboxylic acids is 1. The normalized spacial score (nSPS) is 11.5. The summed E-state index contributed by atoms with van der Waals surface area (Å²) >= 11 is 5.36. The van der Waals surface area contributed by atoms with Crippen LogP contribution >= 0.6 is 11.6 Å². The number of benzene rings is 1. The fraction of sp³-hybridized carbons (Fsp3) is 0.111. The van der Waals surface area contributed by atoms with Gasteiger partial charge in [0.25, 0.3) is 0 Å². The van der Waals surface area contributed by atoms with E-state index in [2.05, 4.69) is 4.99 Å². The summed E-state index contributed by atoms with van der Waals surface area (Å²) in [6, 6.07) is 1.99. The highest BCUT2D eigenvalue weighted by Gasteiger charge is 2.18. The molecule has 5 nitrogen and oxygen atoms in total. The molecule has 1 aromatic rings. The zero-order chi connectivity index (χ0) is 12.3. The van der Waals surface area contributed by atoms with Crippen LogP contribution < -0.4 is 5.73 Å². The highest BCUT2D eigenvalue weighted by molar-refractivity contribution is 6.28. The van der Waals surface area contributed by atoms with Crippen molar-refractivity contribution < 1.29 is 19.4 Å². The molecular formula is C9H8ClFN2O3. The molecule has 0 heterocycles. The van der Waals surface area contributed by atoms with Gasteiger partial charge in [-0.2, -0.15) is 0 Å². The number of carboxylic acids is 1. The van der Waals surface area contributed by atoms with Crippen LogP contribution in [0.4, 0.5) is 10.1 Å². The van der Waals surface area contributed by atoms with Crippen LogP contribution in [0, 0.1) is 5.82 Å². The third kappa shape index (κ3) is 2.40. The molecule has 0 amide bonds. The summed E-state index contributed by atoms with van der Waals surface area (Å²) in [7, 11) is 0. The first-order valence-electron chi connectivity index (χ1n) is 4.11. The lowest BCUT2D eigenvalue weighted by Gasteiger charge is -2.04. The molecule has 0 saturated heterocycles. The summed E-state index contributed by atoms with van der Waals surface area (Å²) < 4.78 is 13.1. The first-order chi connectivity index (χ1) is 7.47. The fourth-order valence-electron chi connectivity index (χ4n) is 1.03. The maximum absolute atomic E-state index is 13.1. The molecule has 0 bridgehead atoms. The van der Waals surface area contributed by atoms with Crippen molar-refractivity contribution in [1.29, 1.82) is 0 Å². The Morgan fingerprint density at radius 3 is 2.69 bits per heavy atom. The average molecular weight is 247 g/mol. The van der Waals surface area contributed by atoms with Gasteiger partial charge in [-0.25, -0.2) is 14.2 Å². The molecule has 0 aromatic heterocycles. The Morgan fingerprint density at radius 1 is 1.56 bits per heavy atom. The van der Waals surface area contributed by atoms with Crippen LogP contribution in [0.3, 0.4) is 0 Å². The average Bonchev–Trinajstić information content (AvgIpc) is 2.21. The quantitative estimate of drug-likeness (QED) is 0.427. The predicted octanol–water partition coefficient (Wildman–Crippen LogP) is 1.46. The lowest BCUT2D eigenvalue weighted by molar-refractivity contribution is 0.0688. The van der Waals surface area contributed by atoms with Crippen LogP contribution in [0.5, 0.6) is 5.75 Å². The van der Waals surface area contributed by atoms with E-state index in [-0.39, 0.29) is 17.4 Å². The van der Waals surface area contributed by atoms with Crippen molar-refractivity contribution in [3.63, 3.8) is 0 Å².